The molecule has 4 rings (SSSR count). The summed E-state index contributed by atoms with van der Waals surface area (Å²) in [4.78, 5) is 19.4. The monoisotopic (exact) mass is 395 g/mol. The summed E-state index contributed by atoms with van der Waals surface area (Å²) in [5, 5.41) is 15.2. The highest BCUT2D eigenvalue weighted by atomic mass is 16.5. The number of tetrazole rings is 1. The number of aromatic nitrogens is 6. The van der Waals surface area contributed by atoms with Crippen molar-refractivity contribution < 1.29 is 9.32 Å². The number of piperidine rings is 1. The Morgan fingerprint density at radius 3 is 2.83 bits per heavy atom. The predicted octanol–water partition coefficient (Wildman–Crippen LogP) is 2.32. The number of likely N-dealkylation sites (tertiary alicyclic amines) is 1. The average Bonchev–Trinajstić information content (AvgIpc) is 3.40. The van der Waals surface area contributed by atoms with Crippen LogP contribution in [0.1, 0.15) is 60.2 Å². The molecule has 1 aromatic carbocycles. The van der Waals surface area contributed by atoms with Gasteiger partial charge in [0, 0.05) is 25.1 Å². The minimum Gasteiger partial charge on any atom is -0.339 e. The molecular formula is C20H25N7O2. The third kappa shape index (κ3) is 4.67. The van der Waals surface area contributed by atoms with Crippen molar-refractivity contribution in [2.24, 2.45) is 5.92 Å². The second-order valence-corrected chi connectivity index (χ2v) is 7.94. The third-order valence-corrected chi connectivity index (χ3v) is 5.07. The van der Waals surface area contributed by atoms with Crippen LogP contribution < -0.4 is 0 Å². The molecule has 3 heterocycles. The van der Waals surface area contributed by atoms with E-state index >= 15 is 0 Å². The lowest BCUT2D eigenvalue weighted by Gasteiger charge is -2.31. The van der Waals surface area contributed by atoms with E-state index < -0.39 is 0 Å². The molecule has 9 heteroatoms. The van der Waals surface area contributed by atoms with Gasteiger partial charge < -0.3 is 9.42 Å². The van der Waals surface area contributed by atoms with Crippen LogP contribution in [0, 0.1) is 5.92 Å². The van der Waals surface area contributed by atoms with Crippen molar-refractivity contribution in [1.82, 2.24) is 35.2 Å². The molecule has 1 aliphatic rings. The number of nitrogens with zero attached hydrogens (tertiary/aromatic N) is 7. The third-order valence-electron chi connectivity index (χ3n) is 5.07. The normalized spacial score (nSPS) is 17.1. The Labute approximate surface area is 169 Å². The Morgan fingerprint density at radius 1 is 1.28 bits per heavy atom. The molecule has 9 nitrogen and oxygen atoms in total. The Hall–Kier alpha value is -3.10. The summed E-state index contributed by atoms with van der Waals surface area (Å²) in [6, 6.07) is 7.59. The first-order valence-electron chi connectivity index (χ1n) is 10.00. The first-order valence-corrected chi connectivity index (χ1v) is 10.00. The molecular weight excluding hydrogens is 370 g/mol. The average molecular weight is 395 g/mol. The minimum absolute atomic E-state index is 0.0330. The van der Waals surface area contributed by atoms with E-state index in [0.29, 0.717) is 30.5 Å². The van der Waals surface area contributed by atoms with Crippen LogP contribution in [-0.2, 0) is 13.0 Å². The molecule has 1 amide bonds. The highest BCUT2D eigenvalue weighted by Gasteiger charge is 2.29. The maximum Gasteiger partial charge on any atom is 0.253 e. The van der Waals surface area contributed by atoms with Crippen LogP contribution in [0.5, 0.6) is 0 Å². The van der Waals surface area contributed by atoms with E-state index in [1.165, 1.54) is 0 Å². The lowest BCUT2D eigenvalue weighted by atomic mass is 9.97. The van der Waals surface area contributed by atoms with Gasteiger partial charge in [-0.3, -0.25) is 4.79 Å². The summed E-state index contributed by atoms with van der Waals surface area (Å²) < 4.78 is 7.13. The predicted molar refractivity (Wildman–Crippen MR) is 104 cm³/mol. The van der Waals surface area contributed by atoms with Gasteiger partial charge in [0.25, 0.3) is 5.91 Å². The molecule has 0 saturated carbocycles. The van der Waals surface area contributed by atoms with Gasteiger partial charge in [-0.1, -0.05) is 31.1 Å². The van der Waals surface area contributed by atoms with Gasteiger partial charge in [-0.2, -0.15) is 4.98 Å². The lowest BCUT2D eigenvalue weighted by molar-refractivity contribution is 0.0695. The smallest absolute Gasteiger partial charge is 0.253 e. The van der Waals surface area contributed by atoms with Crippen molar-refractivity contribution in [3.63, 3.8) is 0 Å². The fourth-order valence-corrected chi connectivity index (χ4v) is 3.62. The van der Waals surface area contributed by atoms with Crippen LogP contribution in [0.4, 0.5) is 0 Å². The summed E-state index contributed by atoms with van der Waals surface area (Å²) in [5.74, 6) is 2.01. The zero-order valence-electron chi connectivity index (χ0n) is 16.7. The Balaban J connectivity index is 1.40. The molecule has 0 spiro atoms. The molecule has 1 fully saturated rings. The lowest BCUT2D eigenvalue weighted by Crippen LogP contribution is -2.39. The van der Waals surface area contributed by atoms with E-state index in [1.807, 2.05) is 29.2 Å². The molecule has 0 aliphatic carbocycles. The Bertz CT molecular complexity index is 934. The molecule has 29 heavy (non-hydrogen) atoms. The van der Waals surface area contributed by atoms with Crippen molar-refractivity contribution >= 4 is 5.91 Å². The van der Waals surface area contributed by atoms with E-state index in [0.717, 1.165) is 37.2 Å². The maximum absolute atomic E-state index is 13.0. The number of hydrogen-bond donors (Lipinski definition) is 0. The number of hydrogen-bond acceptors (Lipinski definition) is 7. The zero-order chi connectivity index (χ0) is 20.2. The fraction of sp³-hybridized carbons (Fsp3) is 0.500. The Kier molecular flexibility index (Phi) is 5.64. The van der Waals surface area contributed by atoms with E-state index in [2.05, 4.69) is 39.5 Å². The summed E-state index contributed by atoms with van der Waals surface area (Å²) in [7, 11) is 0. The topological polar surface area (TPSA) is 103 Å². The summed E-state index contributed by atoms with van der Waals surface area (Å²) in [6.45, 7) is 6.18. The van der Waals surface area contributed by atoms with Crippen molar-refractivity contribution in [3.05, 3.63) is 53.4 Å². The number of carbonyl (C=O) groups is 1. The molecule has 3 aromatic rings. The van der Waals surface area contributed by atoms with Crippen LogP contribution in [-0.4, -0.2) is 54.2 Å². The molecule has 0 bridgehead atoms. The second kappa shape index (κ2) is 8.50. The molecule has 1 atom stereocenters. The summed E-state index contributed by atoms with van der Waals surface area (Å²) >= 11 is 0. The second-order valence-electron chi connectivity index (χ2n) is 7.94. The van der Waals surface area contributed by atoms with Gasteiger partial charge in [-0.15, -0.1) is 5.10 Å². The molecule has 152 valence electrons. The van der Waals surface area contributed by atoms with Crippen LogP contribution in [0.3, 0.4) is 0 Å². The zero-order valence-corrected chi connectivity index (χ0v) is 16.7. The fourth-order valence-electron chi connectivity index (χ4n) is 3.62. The van der Waals surface area contributed by atoms with Gasteiger partial charge in [0.15, 0.2) is 5.82 Å². The van der Waals surface area contributed by atoms with Gasteiger partial charge in [0.05, 0.1) is 12.5 Å². The molecule has 2 aromatic heterocycles. The van der Waals surface area contributed by atoms with Crippen LogP contribution in [0.25, 0.3) is 0 Å². The molecule has 1 saturated heterocycles. The SMILES string of the molecule is CC(C)Cc1noc(C2CCCN(C(=O)c3ccc(Cn4cnnn4)cc3)C2)n1. The quantitative estimate of drug-likeness (QED) is 0.631. The van der Waals surface area contributed by atoms with Crippen LogP contribution in [0.15, 0.2) is 35.1 Å². The van der Waals surface area contributed by atoms with E-state index in [1.54, 1.807) is 11.0 Å². The van der Waals surface area contributed by atoms with E-state index in [-0.39, 0.29) is 11.8 Å². The highest BCUT2D eigenvalue weighted by molar-refractivity contribution is 5.94. The summed E-state index contributed by atoms with van der Waals surface area (Å²) in [6.07, 6.45) is 4.25. The van der Waals surface area contributed by atoms with Crippen molar-refractivity contribution in [1.29, 1.82) is 0 Å². The number of carbonyl (C=O) groups excluding carboxylic acids is 1. The standard InChI is InChI=1S/C20H25N7O2/c1-14(2)10-18-22-19(29-23-18)17-4-3-9-26(12-17)20(28)16-7-5-15(6-8-16)11-27-13-21-24-25-27/h5-8,13-14,17H,3-4,9-12H2,1-2H3. The first kappa shape index (κ1) is 19.2. The van der Waals surface area contributed by atoms with Crippen LogP contribution in [0.2, 0.25) is 0 Å². The van der Waals surface area contributed by atoms with Gasteiger partial charge in [-0.25, -0.2) is 4.68 Å². The van der Waals surface area contributed by atoms with Gasteiger partial charge in [0.1, 0.15) is 6.33 Å². The summed E-state index contributed by atoms with van der Waals surface area (Å²) in [5.41, 5.74) is 1.71. The molecule has 0 radical (unpaired) electrons. The highest BCUT2D eigenvalue weighted by Crippen LogP contribution is 2.27. The Morgan fingerprint density at radius 2 is 2.10 bits per heavy atom. The van der Waals surface area contributed by atoms with Crippen molar-refractivity contribution in [2.45, 2.75) is 45.6 Å². The van der Waals surface area contributed by atoms with Crippen molar-refractivity contribution in [3.8, 4) is 0 Å². The number of rotatable bonds is 6. The van der Waals surface area contributed by atoms with Gasteiger partial charge in [-0.05, 0) is 46.9 Å². The number of benzene rings is 1. The van der Waals surface area contributed by atoms with Crippen molar-refractivity contribution in [2.75, 3.05) is 13.1 Å². The molecule has 1 aliphatic heterocycles. The number of amides is 1. The maximum atomic E-state index is 13.0. The molecule has 0 N–H and O–H groups in total. The largest absolute Gasteiger partial charge is 0.339 e. The molecule has 1 unspecified atom stereocenters. The van der Waals surface area contributed by atoms with E-state index in [4.69, 9.17) is 4.52 Å². The first-order chi connectivity index (χ1) is 14.1. The van der Waals surface area contributed by atoms with Crippen LogP contribution >= 0.6 is 0 Å². The minimum atomic E-state index is 0.0330. The van der Waals surface area contributed by atoms with Gasteiger partial charge in [0.2, 0.25) is 5.89 Å². The van der Waals surface area contributed by atoms with Gasteiger partial charge >= 0.3 is 0 Å². The van der Waals surface area contributed by atoms with E-state index in [9.17, 15) is 4.79 Å².